The monoisotopic (exact) mass is 618 g/mol. The summed E-state index contributed by atoms with van der Waals surface area (Å²) in [4.78, 5) is 27.4. The van der Waals surface area contributed by atoms with Crippen molar-refractivity contribution in [3.63, 3.8) is 0 Å². The number of halogens is 2. The van der Waals surface area contributed by atoms with Gasteiger partial charge in [0.25, 0.3) is 11.6 Å². The van der Waals surface area contributed by atoms with E-state index in [4.69, 9.17) is 28.3 Å². The minimum atomic E-state index is -1.14. The average molecular weight is 620 g/mol. The number of hydrogen-bond acceptors (Lipinski definition) is 7. The van der Waals surface area contributed by atoms with Gasteiger partial charge in [-0.25, -0.2) is 5.01 Å². The van der Waals surface area contributed by atoms with Crippen LogP contribution in [0.15, 0.2) is 107 Å². The fourth-order valence-corrected chi connectivity index (χ4v) is 8.06. The van der Waals surface area contributed by atoms with Crippen LogP contribution in [0.3, 0.4) is 0 Å². The zero-order valence-corrected chi connectivity index (χ0v) is 24.5. The number of para-hydroxylation sites is 1. The minimum Gasteiger partial charge on any atom is -0.268 e. The van der Waals surface area contributed by atoms with Crippen LogP contribution in [0.25, 0.3) is 6.08 Å². The largest absolute Gasteiger partial charge is 0.269 e. The lowest BCUT2D eigenvalue weighted by atomic mass is 10.1. The van der Waals surface area contributed by atoms with E-state index in [9.17, 15) is 14.9 Å². The second-order valence-electron chi connectivity index (χ2n) is 9.26. The molecule has 1 atom stereocenters. The molecule has 2 aliphatic rings. The molecule has 0 unspecified atom stereocenters. The maximum Gasteiger partial charge on any atom is 0.269 e. The summed E-state index contributed by atoms with van der Waals surface area (Å²) in [6, 6.07) is 28.6. The van der Waals surface area contributed by atoms with Crippen molar-refractivity contribution < 1.29 is 9.72 Å². The van der Waals surface area contributed by atoms with Crippen LogP contribution in [0.5, 0.6) is 0 Å². The fourth-order valence-electron chi connectivity index (χ4n) is 4.49. The van der Waals surface area contributed by atoms with Crippen LogP contribution in [-0.4, -0.2) is 20.2 Å². The molecule has 11 heteroatoms. The number of amides is 1. The number of non-ortho nitro benzene ring substituents is 1. The number of hydrogen-bond donors (Lipinski definition) is 0. The number of nitro benzene ring substituents is 1. The van der Waals surface area contributed by atoms with Gasteiger partial charge in [-0.1, -0.05) is 83.0 Å². The van der Waals surface area contributed by atoms with Crippen molar-refractivity contribution in [2.45, 2.75) is 11.3 Å². The van der Waals surface area contributed by atoms with E-state index >= 15 is 0 Å². The van der Waals surface area contributed by atoms with Crippen LogP contribution in [0, 0.1) is 17.0 Å². The lowest BCUT2D eigenvalue weighted by molar-refractivity contribution is -0.384. The number of hydrazone groups is 1. The summed E-state index contributed by atoms with van der Waals surface area (Å²) in [5, 5.41) is 19.5. The zero-order valence-electron chi connectivity index (χ0n) is 21.4. The second-order valence-corrected chi connectivity index (χ2v) is 12.7. The van der Waals surface area contributed by atoms with Gasteiger partial charge in [0, 0.05) is 28.4 Å². The maximum absolute atomic E-state index is 14.2. The van der Waals surface area contributed by atoms with Crippen molar-refractivity contribution in [2.75, 3.05) is 9.91 Å². The summed E-state index contributed by atoms with van der Waals surface area (Å²) in [5.74, 6) is -0.195. The quantitative estimate of drug-likeness (QED) is 0.127. The number of rotatable bonds is 5. The predicted molar refractivity (Wildman–Crippen MR) is 170 cm³/mol. The second kappa shape index (κ2) is 10.9. The summed E-state index contributed by atoms with van der Waals surface area (Å²) in [5.41, 5.74) is 3.87. The Morgan fingerprint density at radius 2 is 1.61 bits per heavy atom. The number of aryl methyl sites for hydroxylation is 1. The first-order chi connectivity index (χ1) is 19.7. The molecular weight excluding hydrogens is 599 g/mol. The highest BCUT2D eigenvalue weighted by atomic mass is 35.5. The molecule has 0 aliphatic carbocycles. The first-order valence-electron chi connectivity index (χ1n) is 12.4. The van der Waals surface area contributed by atoms with E-state index in [1.165, 1.54) is 35.7 Å². The molecule has 4 aromatic carbocycles. The molecule has 1 fully saturated rings. The molecule has 2 heterocycles. The zero-order chi connectivity index (χ0) is 28.7. The Kier molecular flexibility index (Phi) is 7.29. The number of nitro groups is 1. The Morgan fingerprint density at radius 1 is 0.902 bits per heavy atom. The molecule has 7 nitrogen and oxygen atoms in total. The first kappa shape index (κ1) is 27.4. The van der Waals surface area contributed by atoms with Crippen LogP contribution >= 0.6 is 46.7 Å². The highest BCUT2D eigenvalue weighted by Gasteiger charge is 2.59. The highest BCUT2D eigenvalue weighted by molar-refractivity contribution is 8.28. The van der Waals surface area contributed by atoms with Crippen molar-refractivity contribution >= 4 is 80.8 Å². The van der Waals surface area contributed by atoms with Crippen LogP contribution in [0.4, 0.5) is 17.1 Å². The van der Waals surface area contributed by atoms with Crippen molar-refractivity contribution in [2.24, 2.45) is 5.10 Å². The van der Waals surface area contributed by atoms with Crippen molar-refractivity contribution in [1.82, 2.24) is 0 Å². The van der Waals surface area contributed by atoms with Gasteiger partial charge < -0.3 is 0 Å². The van der Waals surface area contributed by atoms with Crippen LogP contribution in [0.1, 0.15) is 16.7 Å². The molecule has 0 N–H and O–H groups in total. The van der Waals surface area contributed by atoms with Gasteiger partial charge in [-0.05, 0) is 72.8 Å². The van der Waals surface area contributed by atoms with Crippen LogP contribution in [0.2, 0.25) is 10.0 Å². The number of benzene rings is 4. The number of nitrogens with zero attached hydrogens (tertiary/aromatic N) is 4. The molecule has 1 amide bonds. The lowest BCUT2D eigenvalue weighted by Crippen LogP contribution is -2.51. The summed E-state index contributed by atoms with van der Waals surface area (Å²) < 4.78 is -1.14. The van der Waals surface area contributed by atoms with Gasteiger partial charge in [0.2, 0.25) is 4.33 Å². The first-order valence-corrected chi connectivity index (χ1v) is 14.8. The van der Waals surface area contributed by atoms with Crippen molar-refractivity contribution in [3.05, 3.63) is 139 Å². The molecule has 0 radical (unpaired) electrons. The highest BCUT2D eigenvalue weighted by Crippen LogP contribution is 2.60. The molecule has 0 bridgehead atoms. The molecule has 4 aromatic rings. The summed E-state index contributed by atoms with van der Waals surface area (Å²) in [6.45, 7) is 2.01. The van der Waals surface area contributed by atoms with Crippen LogP contribution < -0.4 is 9.91 Å². The average Bonchev–Trinajstić information content (AvgIpc) is 3.46. The Hall–Kier alpha value is -3.76. The predicted octanol–water partition coefficient (Wildman–Crippen LogP) is 8.56. The normalized spacial score (nSPS) is 19.3. The molecule has 204 valence electrons. The summed E-state index contributed by atoms with van der Waals surface area (Å²) in [6.07, 6.45) is 1.87. The number of carbonyl (C=O) groups is 1. The smallest absolute Gasteiger partial charge is 0.268 e. The Morgan fingerprint density at radius 3 is 2.27 bits per heavy atom. The maximum atomic E-state index is 14.2. The minimum absolute atomic E-state index is 0.0466. The van der Waals surface area contributed by atoms with Gasteiger partial charge >= 0.3 is 0 Å². The Labute approximate surface area is 254 Å². The molecule has 0 aromatic heterocycles. The van der Waals surface area contributed by atoms with Gasteiger partial charge in [-0.15, -0.1) is 0 Å². The molecule has 1 saturated heterocycles. The van der Waals surface area contributed by atoms with E-state index in [0.29, 0.717) is 36.9 Å². The van der Waals surface area contributed by atoms with E-state index in [0.717, 1.165) is 11.1 Å². The molecule has 1 spiro atoms. The Balaban J connectivity index is 1.54. The van der Waals surface area contributed by atoms with Gasteiger partial charge in [-0.2, -0.15) is 5.10 Å². The molecule has 41 heavy (non-hydrogen) atoms. The third-order valence-corrected chi connectivity index (χ3v) is 9.78. The molecule has 6 rings (SSSR count). The Bertz CT molecular complexity index is 1730. The third kappa shape index (κ3) is 5.10. The lowest BCUT2D eigenvalue weighted by Gasteiger charge is -2.38. The summed E-state index contributed by atoms with van der Waals surface area (Å²) >= 11 is 15.5. The van der Waals surface area contributed by atoms with E-state index in [1.54, 1.807) is 40.2 Å². The number of carbonyl (C=O) groups excluding carboxylic acids is 1. The van der Waals surface area contributed by atoms with Gasteiger partial charge in [0.05, 0.1) is 20.5 Å². The molecule has 2 aliphatic heterocycles. The van der Waals surface area contributed by atoms with E-state index in [2.05, 4.69) is 0 Å². The molecule has 0 saturated carbocycles. The van der Waals surface area contributed by atoms with E-state index in [1.807, 2.05) is 67.6 Å². The van der Waals surface area contributed by atoms with Crippen molar-refractivity contribution in [1.29, 1.82) is 0 Å². The van der Waals surface area contributed by atoms with Crippen LogP contribution in [-0.2, 0) is 4.79 Å². The van der Waals surface area contributed by atoms with Gasteiger partial charge in [-0.3, -0.25) is 19.8 Å². The SMILES string of the molecule is Cc1ccc(/C=C2/S[C@@]3(SC(c4ccc(Cl)cc4Cl)=NN3c3ccc([N+](=O)[O-])cc3)N(c3ccccc3)C2=O)cc1. The van der Waals surface area contributed by atoms with Gasteiger partial charge in [0.1, 0.15) is 5.04 Å². The number of anilines is 2. The molecular formula is C30H20Cl2N4O3S2. The fraction of sp³-hybridized carbons (Fsp3) is 0.0667. The number of thioether (sulfide) groups is 2. The van der Waals surface area contributed by atoms with E-state index < -0.39 is 9.25 Å². The van der Waals surface area contributed by atoms with Crippen molar-refractivity contribution in [3.8, 4) is 0 Å². The van der Waals surface area contributed by atoms with E-state index in [-0.39, 0.29) is 11.6 Å². The summed E-state index contributed by atoms with van der Waals surface area (Å²) in [7, 11) is 0. The topological polar surface area (TPSA) is 79.0 Å². The standard InChI is InChI=1S/C30H20Cl2N4O3S2/c1-19-7-9-20(10-8-19)17-27-29(37)34(22-5-3-2-4-6-22)30(40-27)35(23-12-14-24(15-13-23)36(38)39)33-28(41-30)25-16-11-21(31)18-26(25)32/h2-18H,1H3/b27-17+/t30-/m1/s1. The van der Waals surface area contributed by atoms with Gasteiger partial charge in [0.15, 0.2) is 0 Å². The third-order valence-electron chi connectivity index (χ3n) is 6.48.